The summed E-state index contributed by atoms with van der Waals surface area (Å²) in [6.07, 6.45) is 8.95. The van der Waals surface area contributed by atoms with E-state index >= 15 is 0 Å². The number of nitrogens with one attached hydrogen (secondary N) is 1. The lowest BCUT2D eigenvalue weighted by Gasteiger charge is -2.38. The van der Waals surface area contributed by atoms with Crippen molar-refractivity contribution in [1.82, 2.24) is 24.9 Å². The topological polar surface area (TPSA) is 100.0 Å². The number of benzene rings is 2. The lowest BCUT2D eigenvalue weighted by atomic mass is 9.76. The van der Waals surface area contributed by atoms with Crippen LogP contribution in [0, 0.1) is 7.14 Å². The monoisotopic (exact) mass is 806 g/mol. The molecule has 1 amide bonds. The van der Waals surface area contributed by atoms with Gasteiger partial charge in [0.1, 0.15) is 5.60 Å². The van der Waals surface area contributed by atoms with E-state index in [9.17, 15) is 4.79 Å². The Hall–Kier alpha value is -2.45. The van der Waals surface area contributed by atoms with Crippen molar-refractivity contribution in [2.45, 2.75) is 76.0 Å². The molecule has 2 atom stereocenters. The molecule has 2 aliphatic rings. The zero-order valence-corrected chi connectivity index (χ0v) is 29.8. The third kappa shape index (κ3) is 7.62. The Morgan fingerprint density at radius 1 is 0.884 bits per heavy atom. The normalized spacial score (nSPS) is 21.2. The van der Waals surface area contributed by atoms with Crippen molar-refractivity contribution in [2.24, 2.45) is 19.8 Å². The molecule has 2 aromatic carbocycles. The molecular weight excluding hydrogens is 766 g/mol. The van der Waals surface area contributed by atoms with Crippen molar-refractivity contribution in [3.63, 3.8) is 0 Å². The van der Waals surface area contributed by atoms with Crippen molar-refractivity contribution in [2.75, 3.05) is 0 Å². The van der Waals surface area contributed by atoms with E-state index in [0.717, 1.165) is 53.4 Å². The molecule has 8 nitrogen and oxygen atoms in total. The maximum atomic E-state index is 12.6. The van der Waals surface area contributed by atoms with E-state index in [2.05, 4.69) is 109 Å². The van der Waals surface area contributed by atoms with Crippen molar-refractivity contribution in [3.05, 3.63) is 102 Å². The van der Waals surface area contributed by atoms with Gasteiger partial charge in [0.2, 0.25) is 0 Å². The summed E-state index contributed by atoms with van der Waals surface area (Å²) in [6.45, 7) is 5.64. The first-order chi connectivity index (χ1) is 20.2. The Bertz CT molecular complexity index is 1620. The molecule has 0 saturated carbocycles. The SMILES string of the molecule is Cn1cc2c(n1)CCC(N)(c1cccc(I)c1)C2.Cn1cc2c(n1)CCC(NC(=O)OC(C)(C)C)(c1cccc(I)c1)C2. The average molecular weight is 807 g/mol. The van der Waals surface area contributed by atoms with Gasteiger partial charge in [-0.3, -0.25) is 9.36 Å². The number of alkyl carbamates (subject to hydrolysis) is 1. The Balaban J connectivity index is 0.000000180. The van der Waals surface area contributed by atoms with Crippen LogP contribution in [0.15, 0.2) is 60.9 Å². The number of carbonyl (C=O) groups is 1. The number of hydrogen-bond donors (Lipinski definition) is 2. The van der Waals surface area contributed by atoms with Crippen molar-refractivity contribution in [1.29, 1.82) is 0 Å². The van der Waals surface area contributed by atoms with E-state index in [0.29, 0.717) is 0 Å². The molecule has 2 heterocycles. The number of aryl methyl sites for hydroxylation is 4. The lowest BCUT2D eigenvalue weighted by molar-refractivity contribution is 0.0439. The number of nitrogens with two attached hydrogens (primary N) is 1. The van der Waals surface area contributed by atoms with Crippen LogP contribution >= 0.6 is 45.2 Å². The summed E-state index contributed by atoms with van der Waals surface area (Å²) in [6, 6.07) is 16.8. The Morgan fingerprint density at radius 3 is 2.00 bits per heavy atom. The van der Waals surface area contributed by atoms with Crippen molar-refractivity contribution in [3.8, 4) is 0 Å². The number of rotatable bonds is 3. The molecule has 4 aromatic rings. The first kappa shape index (κ1) is 32.0. The van der Waals surface area contributed by atoms with Crippen LogP contribution in [0.5, 0.6) is 0 Å². The molecule has 0 saturated heterocycles. The van der Waals surface area contributed by atoms with Gasteiger partial charge in [0.25, 0.3) is 0 Å². The van der Waals surface area contributed by atoms with Crippen LogP contribution in [0.1, 0.15) is 67.3 Å². The highest BCUT2D eigenvalue weighted by Crippen LogP contribution is 2.37. The van der Waals surface area contributed by atoms with E-state index in [4.69, 9.17) is 10.5 Å². The Kier molecular flexibility index (Phi) is 9.30. The van der Waals surface area contributed by atoms with Gasteiger partial charge in [0.15, 0.2) is 0 Å². The minimum absolute atomic E-state index is 0.239. The van der Waals surface area contributed by atoms with Gasteiger partial charge >= 0.3 is 6.09 Å². The Labute approximate surface area is 281 Å². The largest absolute Gasteiger partial charge is 0.444 e. The number of aromatic nitrogens is 4. The quantitative estimate of drug-likeness (QED) is 0.237. The average Bonchev–Trinajstić information content (AvgIpc) is 3.47. The third-order valence-corrected chi connectivity index (χ3v) is 9.44. The molecule has 0 aliphatic heterocycles. The molecule has 2 aliphatic carbocycles. The molecule has 0 fully saturated rings. The second kappa shape index (κ2) is 12.5. The predicted octanol–water partition coefficient (Wildman–Crippen LogP) is 6.30. The molecule has 2 aromatic heterocycles. The van der Waals surface area contributed by atoms with Crippen LogP contribution < -0.4 is 11.1 Å². The maximum Gasteiger partial charge on any atom is 0.408 e. The Morgan fingerprint density at radius 2 is 1.42 bits per heavy atom. The maximum absolute atomic E-state index is 12.6. The third-order valence-electron chi connectivity index (χ3n) is 8.10. The molecule has 0 spiro atoms. The fourth-order valence-electron chi connectivity index (χ4n) is 6.15. The van der Waals surface area contributed by atoms with Gasteiger partial charge in [-0.05, 0) is 145 Å². The lowest BCUT2D eigenvalue weighted by Crippen LogP contribution is -2.51. The molecule has 10 heteroatoms. The zero-order valence-electron chi connectivity index (χ0n) is 25.5. The molecule has 0 radical (unpaired) electrons. The molecule has 3 N–H and O–H groups in total. The first-order valence-electron chi connectivity index (χ1n) is 14.6. The predicted molar refractivity (Wildman–Crippen MR) is 186 cm³/mol. The highest BCUT2D eigenvalue weighted by atomic mass is 127. The second-order valence-corrected chi connectivity index (χ2v) is 15.3. The standard InChI is InChI=1S/C19H24IN3O2.C14H16IN3/c1-18(2,3)25-17(24)21-19(14-6-5-7-15(20)10-14)9-8-16-13(11-19)12-23(4)22-16;1-18-9-10-8-14(16,6-5-13(10)17-18)11-3-2-4-12(15)7-11/h5-7,10,12H,8-9,11H2,1-4H3,(H,21,24);2-4,7,9H,5-6,8,16H2,1H3. The number of amides is 1. The minimum Gasteiger partial charge on any atom is -0.444 e. The summed E-state index contributed by atoms with van der Waals surface area (Å²) in [5, 5.41) is 12.2. The molecule has 43 heavy (non-hydrogen) atoms. The number of hydrogen-bond acceptors (Lipinski definition) is 5. The van der Waals surface area contributed by atoms with Gasteiger partial charge in [-0.15, -0.1) is 0 Å². The second-order valence-electron chi connectivity index (χ2n) is 12.8. The van der Waals surface area contributed by atoms with Crippen LogP contribution in [-0.4, -0.2) is 31.3 Å². The van der Waals surface area contributed by atoms with Crippen LogP contribution in [-0.2, 0) is 55.6 Å². The van der Waals surface area contributed by atoms with Crippen molar-refractivity contribution >= 4 is 51.3 Å². The smallest absolute Gasteiger partial charge is 0.408 e. The van der Waals surface area contributed by atoms with Gasteiger partial charge in [-0.25, -0.2) is 4.79 Å². The minimum atomic E-state index is -0.523. The molecule has 6 rings (SSSR count). The van der Waals surface area contributed by atoms with Gasteiger partial charge < -0.3 is 15.8 Å². The molecule has 0 bridgehead atoms. The van der Waals surface area contributed by atoms with Gasteiger partial charge in [-0.2, -0.15) is 10.2 Å². The van der Waals surface area contributed by atoms with E-state index in [1.807, 2.05) is 56.5 Å². The van der Waals surface area contributed by atoms with Gasteiger partial charge in [0.05, 0.1) is 16.9 Å². The van der Waals surface area contributed by atoms with Crippen LogP contribution in [0.4, 0.5) is 4.79 Å². The van der Waals surface area contributed by atoms with E-state index < -0.39 is 11.1 Å². The highest BCUT2D eigenvalue weighted by molar-refractivity contribution is 14.1. The number of nitrogens with zero attached hydrogens (tertiary/aromatic N) is 4. The fraction of sp³-hybridized carbons (Fsp3) is 0.424. The number of carbonyl (C=O) groups excluding carboxylic acids is 1. The zero-order chi connectivity index (χ0) is 31.0. The molecule has 2 unspecified atom stereocenters. The first-order valence-corrected chi connectivity index (χ1v) is 16.7. The van der Waals surface area contributed by atoms with Gasteiger partial charge in [0, 0.05) is 45.6 Å². The van der Waals surface area contributed by atoms with E-state index in [1.54, 1.807) is 0 Å². The van der Waals surface area contributed by atoms with Crippen LogP contribution in [0.25, 0.3) is 0 Å². The number of fused-ring (bicyclic) bond motifs is 2. The number of ether oxygens (including phenoxy) is 1. The summed E-state index contributed by atoms with van der Waals surface area (Å²) >= 11 is 4.65. The summed E-state index contributed by atoms with van der Waals surface area (Å²) in [5.74, 6) is 0. The van der Waals surface area contributed by atoms with Gasteiger partial charge in [-0.1, -0.05) is 24.3 Å². The molecule has 228 valence electrons. The highest BCUT2D eigenvalue weighted by Gasteiger charge is 2.40. The van der Waals surface area contributed by atoms with E-state index in [1.165, 1.54) is 26.0 Å². The number of halogens is 2. The summed E-state index contributed by atoms with van der Waals surface area (Å²) in [4.78, 5) is 12.6. The molecular formula is C33H40I2N6O2. The summed E-state index contributed by atoms with van der Waals surface area (Å²) < 4.78 is 11.7. The van der Waals surface area contributed by atoms with Crippen LogP contribution in [0.3, 0.4) is 0 Å². The van der Waals surface area contributed by atoms with Crippen molar-refractivity contribution < 1.29 is 9.53 Å². The summed E-state index contributed by atoms with van der Waals surface area (Å²) in [7, 11) is 3.91. The van der Waals surface area contributed by atoms with E-state index in [-0.39, 0.29) is 11.6 Å². The van der Waals surface area contributed by atoms with Crippen LogP contribution in [0.2, 0.25) is 0 Å². The summed E-state index contributed by atoms with van der Waals surface area (Å²) in [5.41, 5.74) is 12.6. The fourth-order valence-corrected chi connectivity index (χ4v) is 7.24.